The van der Waals surface area contributed by atoms with Gasteiger partial charge in [0.15, 0.2) is 0 Å². The van der Waals surface area contributed by atoms with Gasteiger partial charge in [0.1, 0.15) is 0 Å². The van der Waals surface area contributed by atoms with E-state index in [4.69, 9.17) is 0 Å². The van der Waals surface area contributed by atoms with Crippen molar-refractivity contribution in [1.82, 2.24) is 0 Å². The molecule has 4 aromatic rings. The first-order valence-corrected chi connectivity index (χ1v) is 14.5. The van der Waals surface area contributed by atoms with Gasteiger partial charge in [-0.2, -0.15) is 0 Å². The molecule has 0 fully saturated rings. The molecule has 0 amide bonds. The summed E-state index contributed by atoms with van der Waals surface area (Å²) in [6.45, 7) is 8.93. The Morgan fingerprint density at radius 2 is 1.32 bits per heavy atom. The molecule has 0 saturated carbocycles. The molecule has 0 spiro atoms. The summed E-state index contributed by atoms with van der Waals surface area (Å²) >= 11 is 1.03. The zero-order chi connectivity index (χ0) is 25.0. The van der Waals surface area contributed by atoms with Crippen LogP contribution in [0.3, 0.4) is 0 Å². The van der Waals surface area contributed by atoms with Gasteiger partial charge < -0.3 is 24.8 Å². The first kappa shape index (κ1) is 28.6. The van der Waals surface area contributed by atoms with Crippen LogP contribution in [0.25, 0.3) is 25.6 Å². The van der Waals surface area contributed by atoms with Crippen molar-refractivity contribution < 1.29 is 49.2 Å². The SMILES string of the molecule is Cc1cccc(C(c2cccc(C)c2)=c2cc3c(c(C4=CC=CC4)c2C)=[C]([Hf+2])c2cc(C)ccc2-3)c1.[Cl-].[Cl-]. The van der Waals surface area contributed by atoms with Crippen LogP contribution in [0.1, 0.15) is 50.9 Å². The summed E-state index contributed by atoms with van der Waals surface area (Å²) in [5.74, 6) is 0. The van der Waals surface area contributed by atoms with Gasteiger partial charge in [0.25, 0.3) is 0 Å². The van der Waals surface area contributed by atoms with Crippen molar-refractivity contribution in [3.63, 3.8) is 0 Å². The Labute approximate surface area is 253 Å². The number of halogens is 2. The molecule has 38 heavy (non-hydrogen) atoms. The molecule has 0 N–H and O–H groups in total. The van der Waals surface area contributed by atoms with Crippen LogP contribution in [0, 0.1) is 27.7 Å². The normalized spacial score (nSPS) is 12.9. The molecular weight excluding hydrogens is 670 g/mol. The third kappa shape index (κ3) is 4.86. The number of benzene rings is 4. The van der Waals surface area contributed by atoms with Crippen molar-refractivity contribution in [2.45, 2.75) is 34.1 Å². The molecule has 0 unspecified atom stereocenters. The van der Waals surface area contributed by atoms with Crippen molar-refractivity contribution in [2.24, 2.45) is 0 Å². The summed E-state index contributed by atoms with van der Waals surface area (Å²) in [5.41, 5.74) is 16.3. The molecule has 2 aliphatic carbocycles. The van der Waals surface area contributed by atoms with Crippen molar-refractivity contribution in [1.29, 1.82) is 0 Å². The zero-order valence-corrected chi connectivity index (χ0v) is 27.2. The maximum absolute atomic E-state index is 2.50. The van der Waals surface area contributed by atoms with E-state index in [2.05, 4.69) is 119 Å². The Balaban J connectivity index is 0.00000168. The van der Waals surface area contributed by atoms with E-state index < -0.39 is 0 Å². The summed E-state index contributed by atoms with van der Waals surface area (Å²) in [5, 5.41) is 2.82. The maximum Gasteiger partial charge on any atom is -1.00 e. The number of hydrogen-bond acceptors (Lipinski definition) is 0. The van der Waals surface area contributed by atoms with Gasteiger partial charge in [-0.1, -0.05) is 0 Å². The molecule has 6 rings (SSSR count). The molecule has 0 radical (unpaired) electrons. The number of allylic oxidation sites excluding steroid dienone is 4. The molecule has 0 heterocycles. The Bertz CT molecular complexity index is 1710. The fourth-order valence-electron chi connectivity index (χ4n) is 5.86. The molecule has 0 aliphatic heterocycles. The predicted molar refractivity (Wildman–Crippen MR) is 149 cm³/mol. The standard InChI is InChI=1S/C35H29.2ClH.Hf/c1-22-9-7-13-27(17-22)35(28-14-8-10-23(2)18-28)31-21-32-30-16-15-24(3)19-29(30)20-33(32)34(25(31)4)26-11-5-6-12-26;;;/h5-11,13-19,21H,12H2,1-4H3;2*1H;/q;;;+2/p-2. The molecule has 3 heteroatoms. The van der Waals surface area contributed by atoms with Crippen LogP contribution in [0.15, 0.2) is 91.0 Å². The third-order valence-corrected chi connectivity index (χ3v) is 9.41. The number of rotatable bonds is 3. The van der Waals surface area contributed by atoms with Crippen LogP contribution < -0.4 is 35.3 Å². The second kappa shape index (κ2) is 11.3. The third-order valence-electron chi connectivity index (χ3n) is 7.55. The van der Waals surface area contributed by atoms with E-state index >= 15 is 0 Å². The minimum Gasteiger partial charge on any atom is -1.00 e. The number of fused-ring (bicyclic) bond motifs is 3. The second-order valence-electron chi connectivity index (χ2n) is 10.2. The van der Waals surface area contributed by atoms with Gasteiger partial charge in [-0.25, -0.2) is 0 Å². The molecule has 187 valence electrons. The van der Waals surface area contributed by atoms with Gasteiger partial charge in [-0.15, -0.1) is 0 Å². The summed E-state index contributed by atoms with van der Waals surface area (Å²) in [6.07, 6.45) is 7.84. The van der Waals surface area contributed by atoms with E-state index in [0.29, 0.717) is 0 Å². The van der Waals surface area contributed by atoms with Crippen LogP contribution in [0.4, 0.5) is 0 Å². The molecule has 0 nitrogen and oxygen atoms in total. The van der Waals surface area contributed by atoms with E-state index in [1.54, 1.807) is 0 Å². The van der Waals surface area contributed by atoms with E-state index in [9.17, 15) is 0 Å². The van der Waals surface area contributed by atoms with Crippen LogP contribution in [-0.4, -0.2) is 0 Å². The van der Waals surface area contributed by atoms with Gasteiger partial charge in [0.05, 0.1) is 0 Å². The molecule has 0 bridgehead atoms. The van der Waals surface area contributed by atoms with Crippen LogP contribution in [-0.2, 0) is 24.4 Å². The average molecular weight is 699 g/mol. The Morgan fingerprint density at radius 3 is 1.89 bits per heavy atom. The van der Waals surface area contributed by atoms with Crippen molar-refractivity contribution in [3.05, 3.63) is 146 Å². The first-order valence-electron chi connectivity index (χ1n) is 12.7. The molecule has 2 aliphatic rings. The fourth-order valence-corrected chi connectivity index (χ4v) is 7.54. The monoisotopic (exact) mass is 699 g/mol. The summed E-state index contributed by atoms with van der Waals surface area (Å²) in [4.78, 5) is 0. The van der Waals surface area contributed by atoms with E-state index in [-0.39, 0.29) is 24.8 Å². The van der Waals surface area contributed by atoms with E-state index in [1.807, 2.05) is 0 Å². The van der Waals surface area contributed by atoms with E-state index in [1.165, 1.54) is 80.5 Å². The minimum atomic E-state index is 0. The van der Waals surface area contributed by atoms with Crippen molar-refractivity contribution in [2.75, 3.05) is 0 Å². The van der Waals surface area contributed by atoms with Gasteiger partial charge in [-0.3, -0.25) is 0 Å². The molecule has 0 atom stereocenters. The topological polar surface area (TPSA) is 0 Å². The van der Waals surface area contributed by atoms with Gasteiger partial charge in [-0.05, 0) is 0 Å². The first-order chi connectivity index (χ1) is 17.4. The van der Waals surface area contributed by atoms with Gasteiger partial charge in [0, 0.05) is 0 Å². The summed E-state index contributed by atoms with van der Waals surface area (Å²) < 4.78 is 1.54. The summed E-state index contributed by atoms with van der Waals surface area (Å²) in [6, 6.07) is 27.5. The van der Waals surface area contributed by atoms with Crippen LogP contribution in [0.2, 0.25) is 0 Å². The van der Waals surface area contributed by atoms with Gasteiger partial charge in [0.2, 0.25) is 0 Å². The van der Waals surface area contributed by atoms with E-state index in [0.717, 1.165) is 30.8 Å². The largest absolute Gasteiger partial charge is 1.00 e. The van der Waals surface area contributed by atoms with Crippen LogP contribution in [0.5, 0.6) is 0 Å². The van der Waals surface area contributed by atoms with Gasteiger partial charge >= 0.3 is 230 Å². The fraction of sp³-hybridized carbons (Fsp3) is 0.143. The average Bonchev–Trinajstić information content (AvgIpc) is 3.47. The summed E-state index contributed by atoms with van der Waals surface area (Å²) in [7, 11) is 0. The Morgan fingerprint density at radius 1 is 0.684 bits per heavy atom. The molecule has 0 saturated heterocycles. The van der Waals surface area contributed by atoms with Crippen molar-refractivity contribution in [3.8, 4) is 11.1 Å². The minimum absolute atomic E-state index is 0. The second-order valence-corrected chi connectivity index (χ2v) is 12.0. The Kier molecular flexibility index (Phi) is 8.52. The molecule has 0 aromatic heterocycles. The Hall–Kier alpha value is -2.45. The number of aryl methyl sites for hydroxylation is 3. The quantitative estimate of drug-likeness (QED) is 0.283. The smallest absolute Gasteiger partial charge is 1.00 e. The zero-order valence-electron chi connectivity index (χ0n) is 22.1. The predicted octanol–water partition coefficient (Wildman–Crippen LogP) is 1.20. The molecule has 4 aromatic carbocycles. The molecular formula is C35H29Cl2Hf. The van der Waals surface area contributed by atoms with Crippen molar-refractivity contribution >= 4 is 14.5 Å². The maximum atomic E-state index is 2.50. The number of hydrogen-bond donors (Lipinski definition) is 0. The van der Waals surface area contributed by atoms with Crippen LogP contribution >= 0.6 is 0 Å².